The number of fused-ring (bicyclic) bond motifs is 1. The highest BCUT2D eigenvalue weighted by Crippen LogP contribution is 2.26. The van der Waals surface area contributed by atoms with Crippen molar-refractivity contribution in [2.24, 2.45) is 7.05 Å². The third-order valence-electron chi connectivity index (χ3n) is 2.75. The fourth-order valence-corrected chi connectivity index (χ4v) is 1.92. The van der Waals surface area contributed by atoms with Crippen molar-refractivity contribution in [3.63, 3.8) is 0 Å². The molecule has 0 saturated heterocycles. The molecule has 0 spiro atoms. The van der Waals surface area contributed by atoms with E-state index in [-0.39, 0.29) is 18.0 Å². The number of hydrogen-bond donors (Lipinski definition) is 2. The monoisotopic (exact) mass is 247 g/mol. The van der Waals surface area contributed by atoms with Gasteiger partial charge in [0.2, 0.25) is 0 Å². The number of hydrogen-bond acceptors (Lipinski definition) is 4. The predicted molar refractivity (Wildman–Crippen MR) is 61.9 cm³/mol. The number of carbonyl (C=O) groups excluding carboxylic acids is 1. The lowest BCUT2D eigenvalue weighted by Crippen LogP contribution is -2.13. The lowest BCUT2D eigenvalue weighted by atomic mass is 10.1. The average molecular weight is 247 g/mol. The molecule has 6 nitrogen and oxygen atoms in total. The van der Waals surface area contributed by atoms with Crippen molar-refractivity contribution in [3.05, 3.63) is 35.5 Å². The van der Waals surface area contributed by atoms with Crippen LogP contribution < -0.4 is 10.6 Å². The fraction of sp³-hybridized carbons (Fsp3) is 0.182. The third kappa shape index (κ3) is 1.60. The van der Waals surface area contributed by atoms with Crippen LogP contribution in [-0.4, -0.2) is 20.7 Å². The van der Waals surface area contributed by atoms with Crippen molar-refractivity contribution < 1.29 is 9.18 Å². The molecule has 0 unspecified atom stereocenters. The van der Waals surface area contributed by atoms with Crippen molar-refractivity contribution in [1.29, 1.82) is 0 Å². The number of halogens is 1. The Morgan fingerprint density at radius 1 is 1.50 bits per heavy atom. The van der Waals surface area contributed by atoms with Crippen molar-refractivity contribution in [3.8, 4) is 0 Å². The molecular formula is C11H10FN5O. The van der Waals surface area contributed by atoms with Crippen LogP contribution >= 0.6 is 0 Å². The number of amides is 1. The van der Waals surface area contributed by atoms with Crippen LogP contribution in [0.25, 0.3) is 0 Å². The molecular weight excluding hydrogens is 237 g/mol. The lowest BCUT2D eigenvalue weighted by Gasteiger charge is -2.07. The first-order chi connectivity index (χ1) is 8.65. The summed E-state index contributed by atoms with van der Waals surface area (Å²) in [5, 5.41) is 9.53. The molecule has 0 radical (unpaired) electrons. The van der Waals surface area contributed by atoms with Gasteiger partial charge in [-0.1, -0.05) is 0 Å². The van der Waals surface area contributed by atoms with Gasteiger partial charge in [-0.2, -0.15) is 5.10 Å². The largest absolute Gasteiger partial charge is 0.348 e. The van der Waals surface area contributed by atoms with Gasteiger partial charge in [0.05, 0.1) is 23.6 Å². The van der Waals surface area contributed by atoms with Gasteiger partial charge in [0, 0.05) is 25.4 Å². The van der Waals surface area contributed by atoms with Crippen LogP contribution in [0.3, 0.4) is 0 Å². The van der Waals surface area contributed by atoms with E-state index >= 15 is 0 Å². The number of aryl methyl sites for hydroxylation is 1. The number of pyridine rings is 1. The number of nitrogens with zero attached hydrogens (tertiary/aromatic N) is 3. The van der Waals surface area contributed by atoms with E-state index in [1.807, 2.05) is 0 Å². The Hall–Kier alpha value is -2.44. The first kappa shape index (κ1) is 10.7. The second-order valence-electron chi connectivity index (χ2n) is 4.02. The second kappa shape index (κ2) is 3.80. The maximum absolute atomic E-state index is 13.5. The normalized spacial score (nSPS) is 13.3. The van der Waals surface area contributed by atoms with Crippen LogP contribution in [0.15, 0.2) is 18.6 Å². The van der Waals surface area contributed by atoms with Crippen molar-refractivity contribution >= 4 is 17.4 Å². The highest BCUT2D eigenvalue weighted by atomic mass is 19.1. The van der Waals surface area contributed by atoms with E-state index in [4.69, 9.17) is 0 Å². The molecule has 3 rings (SSSR count). The van der Waals surface area contributed by atoms with Crippen LogP contribution in [0.2, 0.25) is 0 Å². The molecule has 0 fully saturated rings. The van der Waals surface area contributed by atoms with Gasteiger partial charge in [-0.3, -0.25) is 9.48 Å². The van der Waals surface area contributed by atoms with Crippen LogP contribution in [0.5, 0.6) is 0 Å². The molecule has 0 aromatic carbocycles. The maximum Gasteiger partial charge on any atom is 0.255 e. The zero-order valence-electron chi connectivity index (χ0n) is 9.57. The summed E-state index contributed by atoms with van der Waals surface area (Å²) in [5.74, 6) is -0.446. The molecule has 0 aliphatic carbocycles. The van der Waals surface area contributed by atoms with E-state index in [2.05, 4.69) is 20.7 Å². The Bertz CT molecular complexity index is 636. The Balaban J connectivity index is 2.03. The molecule has 2 aromatic heterocycles. The van der Waals surface area contributed by atoms with E-state index in [0.29, 0.717) is 17.1 Å². The first-order valence-corrected chi connectivity index (χ1v) is 5.36. The van der Waals surface area contributed by atoms with Gasteiger partial charge in [0.15, 0.2) is 0 Å². The summed E-state index contributed by atoms with van der Waals surface area (Å²) < 4.78 is 15.1. The summed E-state index contributed by atoms with van der Waals surface area (Å²) in [6.45, 7) is 0.199. The lowest BCUT2D eigenvalue weighted by molar-refractivity contribution is 0.0966. The van der Waals surface area contributed by atoms with Crippen LogP contribution in [0, 0.1) is 5.82 Å². The minimum atomic E-state index is -0.472. The van der Waals surface area contributed by atoms with E-state index in [0.717, 1.165) is 6.20 Å². The Kier molecular flexibility index (Phi) is 2.26. The van der Waals surface area contributed by atoms with E-state index in [9.17, 15) is 9.18 Å². The molecule has 1 amide bonds. The van der Waals surface area contributed by atoms with Gasteiger partial charge in [0.25, 0.3) is 5.91 Å². The quantitative estimate of drug-likeness (QED) is 0.828. The highest BCUT2D eigenvalue weighted by molar-refractivity contribution is 6.03. The summed E-state index contributed by atoms with van der Waals surface area (Å²) in [6.07, 6.45) is 4.45. The van der Waals surface area contributed by atoms with Gasteiger partial charge >= 0.3 is 0 Å². The Morgan fingerprint density at radius 3 is 3.06 bits per heavy atom. The highest BCUT2D eigenvalue weighted by Gasteiger charge is 2.27. The summed E-state index contributed by atoms with van der Waals surface area (Å²) in [5.41, 5.74) is 1.30. The smallest absolute Gasteiger partial charge is 0.255 e. The standard InChI is InChI=1S/C11H10FN5O/c1-17-5-6(2-15-17)16-10-9-7(3-14-11(9)18)8(12)4-13-10/h2,4-5H,3H2,1H3,(H,13,16)(H,14,18). The van der Waals surface area contributed by atoms with E-state index < -0.39 is 5.82 Å². The van der Waals surface area contributed by atoms with Gasteiger partial charge in [-0.05, 0) is 0 Å². The Labute approximate surface area is 102 Å². The topological polar surface area (TPSA) is 71.8 Å². The predicted octanol–water partition coefficient (Wildman–Crippen LogP) is 0.941. The van der Waals surface area contributed by atoms with Crippen LogP contribution in [0.1, 0.15) is 15.9 Å². The van der Waals surface area contributed by atoms with E-state index in [1.165, 1.54) is 0 Å². The van der Waals surface area contributed by atoms with Gasteiger partial charge < -0.3 is 10.6 Å². The van der Waals surface area contributed by atoms with E-state index in [1.54, 1.807) is 24.1 Å². The third-order valence-corrected chi connectivity index (χ3v) is 2.75. The Morgan fingerprint density at radius 2 is 2.33 bits per heavy atom. The number of nitrogens with one attached hydrogen (secondary N) is 2. The average Bonchev–Trinajstić information content (AvgIpc) is 2.91. The zero-order chi connectivity index (χ0) is 12.7. The summed E-state index contributed by atoms with van der Waals surface area (Å²) in [4.78, 5) is 15.6. The molecule has 3 heterocycles. The molecule has 0 saturated carbocycles. The van der Waals surface area contributed by atoms with Crippen molar-refractivity contribution in [2.75, 3.05) is 5.32 Å². The van der Waals surface area contributed by atoms with Crippen molar-refractivity contribution in [2.45, 2.75) is 6.54 Å². The minimum Gasteiger partial charge on any atom is -0.348 e. The molecule has 2 N–H and O–H groups in total. The van der Waals surface area contributed by atoms with Gasteiger partial charge in [-0.25, -0.2) is 9.37 Å². The van der Waals surface area contributed by atoms with Crippen LogP contribution in [-0.2, 0) is 13.6 Å². The number of carbonyl (C=O) groups is 1. The van der Waals surface area contributed by atoms with Crippen molar-refractivity contribution in [1.82, 2.24) is 20.1 Å². The molecule has 1 aliphatic heterocycles. The second-order valence-corrected chi connectivity index (χ2v) is 4.02. The van der Waals surface area contributed by atoms with Gasteiger partial charge in [-0.15, -0.1) is 0 Å². The molecule has 0 atom stereocenters. The SMILES string of the molecule is Cn1cc(Nc2ncc(F)c3c2C(=O)NC3)cn1. The maximum atomic E-state index is 13.5. The minimum absolute atomic E-state index is 0.199. The number of rotatable bonds is 2. The molecule has 1 aliphatic rings. The summed E-state index contributed by atoms with van der Waals surface area (Å²) >= 11 is 0. The summed E-state index contributed by atoms with van der Waals surface area (Å²) in [7, 11) is 1.78. The number of aromatic nitrogens is 3. The molecule has 0 bridgehead atoms. The molecule has 2 aromatic rings. The molecule has 92 valence electrons. The van der Waals surface area contributed by atoms with Gasteiger partial charge in [0.1, 0.15) is 11.6 Å². The molecule has 18 heavy (non-hydrogen) atoms. The first-order valence-electron chi connectivity index (χ1n) is 5.36. The van der Waals surface area contributed by atoms with Crippen LogP contribution in [0.4, 0.5) is 15.9 Å². The number of anilines is 2. The molecule has 7 heteroatoms. The zero-order valence-corrected chi connectivity index (χ0v) is 9.57. The fourth-order valence-electron chi connectivity index (χ4n) is 1.92. The summed E-state index contributed by atoms with van der Waals surface area (Å²) in [6, 6.07) is 0.